The molecule has 1 aromatic rings. The van der Waals surface area contributed by atoms with Crippen LogP contribution in [-0.2, 0) is 19.6 Å². The summed E-state index contributed by atoms with van der Waals surface area (Å²) >= 11 is 5.85. The van der Waals surface area contributed by atoms with Gasteiger partial charge in [0.15, 0.2) is 0 Å². The van der Waals surface area contributed by atoms with Gasteiger partial charge in [-0.1, -0.05) is 23.4 Å². The quantitative estimate of drug-likeness (QED) is 0.619. The number of benzene rings is 1. The molecule has 3 N–H and O–H groups in total. The van der Waals surface area contributed by atoms with E-state index < -0.39 is 21.7 Å². The predicted octanol–water partition coefficient (Wildman–Crippen LogP) is 0.955. The summed E-state index contributed by atoms with van der Waals surface area (Å²) < 4.78 is 30.6. The van der Waals surface area contributed by atoms with Crippen molar-refractivity contribution in [1.82, 2.24) is 0 Å². The molecular formula is C13H15ClN2O4S. The van der Waals surface area contributed by atoms with Crippen LogP contribution in [0.3, 0.4) is 0 Å². The first-order valence-electron chi connectivity index (χ1n) is 5.94. The van der Waals surface area contributed by atoms with E-state index in [4.69, 9.17) is 17.3 Å². The Balaban J connectivity index is 2.95. The maximum Gasteiger partial charge on any atom is 0.306 e. The number of carbonyl (C=O) groups is 1. The van der Waals surface area contributed by atoms with Gasteiger partial charge in [0.2, 0.25) is 10.0 Å². The van der Waals surface area contributed by atoms with Gasteiger partial charge in [-0.25, -0.2) is 8.42 Å². The first kappa shape index (κ1) is 17.3. The molecule has 0 heterocycles. The lowest BCUT2D eigenvalue weighted by Crippen LogP contribution is -2.20. The first-order valence-corrected chi connectivity index (χ1v) is 7.97. The molecule has 0 bridgehead atoms. The van der Waals surface area contributed by atoms with Crippen molar-refractivity contribution in [2.75, 3.05) is 24.1 Å². The van der Waals surface area contributed by atoms with E-state index in [1.54, 1.807) is 12.1 Å². The standard InChI is InChI=1S/C13H15ClN2O4S/c1-20-13(17)6-8-21(18,19)16-12-9-11(14)5-4-10(12)3-2-7-15/h4-5,9,16H,6-8,15H2,1H3. The lowest BCUT2D eigenvalue weighted by molar-refractivity contribution is -0.140. The Morgan fingerprint density at radius 1 is 1.48 bits per heavy atom. The number of carbonyl (C=O) groups excluding carboxylic acids is 1. The topological polar surface area (TPSA) is 98.5 Å². The molecule has 8 heteroatoms. The van der Waals surface area contributed by atoms with Gasteiger partial charge in [-0.2, -0.15) is 0 Å². The van der Waals surface area contributed by atoms with Crippen molar-refractivity contribution < 1.29 is 17.9 Å². The number of ether oxygens (including phenoxy) is 1. The highest BCUT2D eigenvalue weighted by molar-refractivity contribution is 7.92. The average Bonchev–Trinajstić information content (AvgIpc) is 2.43. The van der Waals surface area contributed by atoms with Gasteiger partial charge in [0.25, 0.3) is 0 Å². The Morgan fingerprint density at radius 3 is 2.81 bits per heavy atom. The highest BCUT2D eigenvalue weighted by Gasteiger charge is 2.15. The summed E-state index contributed by atoms with van der Waals surface area (Å²) in [5.41, 5.74) is 5.98. The molecule has 0 saturated carbocycles. The van der Waals surface area contributed by atoms with Gasteiger partial charge in [-0.05, 0) is 18.2 Å². The number of esters is 1. The average molecular weight is 331 g/mol. The summed E-state index contributed by atoms with van der Waals surface area (Å²) in [5, 5.41) is 0.360. The smallest absolute Gasteiger partial charge is 0.306 e. The summed E-state index contributed by atoms with van der Waals surface area (Å²) in [5.74, 6) is 4.39. The molecule has 0 aromatic heterocycles. The van der Waals surface area contributed by atoms with Gasteiger partial charge >= 0.3 is 5.97 Å². The lowest BCUT2D eigenvalue weighted by atomic mass is 10.2. The third kappa shape index (κ3) is 6.04. The molecule has 1 aromatic carbocycles. The lowest BCUT2D eigenvalue weighted by Gasteiger charge is -2.10. The molecule has 21 heavy (non-hydrogen) atoms. The number of nitrogens with one attached hydrogen (secondary N) is 1. The van der Waals surface area contributed by atoms with E-state index >= 15 is 0 Å². The van der Waals surface area contributed by atoms with Gasteiger partial charge in [0, 0.05) is 10.6 Å². The molecule has 0 saturated heterocycles. The number of halogens is 1. The van der Waals surface area contributed by atoms with Gasteiger partial charge in [-0.15, -0.1) is 0 Å². The molecular weight excluding hydrogens is 316 g/mol. The predicted molar refractivity (Wildman–Crippen MR) is 81.4 cm³/mol. The Morgan fingerprint density at radius 2 is 2.19 bits per heavy atom. The molecule has 0 fully saturated rings. The fraction of sp³-hybridized carbons (Fsp3) is 0.308. The van der Waals surface area contributed by atoms with Crippen LogP contribution in [0, 0.1) is 11.8 Å². The van der Waals surface area contributed by atoms with Crippen LogP contribution >= 0.6 is 11.6 Å². The van der Waals surface area contributed by atoms with E-state index in [1.165, 1.54) is 13.2 Å². The minimum atomic E-state index is -3.71. The highest BCUT2D eigenvalue weighted by Crippen LogP contribution is 2.21. The normalized spacial score (nSPS) is 10.4. The van der Waals surface area contributed by atoms with Crippen molar-refractivity contribution in [1.29, 1.82) is 0 Å². The minimum absolute atomic E-state index is 0.150. The number of methoxy groups -OCH3 is 1. The second kappa shape index (κ2) is 7.88. The molecule has 114 valence electrons. The van der Waals surface area contributed by atoms with Crippen molar-refractivity contribution in [3.8, 4) is 11.8 Å². The maximum atomic E-state index is 11.9. The molecule has 0 aliphatic rings. The van der Waals surface area contributed by atoms with E-state index in [0.717, 1.165) is 0 Å². The third-order valence-electron chi connectivity index (χ3n) is 2.37. The monoisotopic (exact) mass is 330 g/mol. The molecule has 0 amide bonds. The highest BCUT2D eigenvalue weighted by atomic mass is 35.5. The van der Waals surface area contributed by atoms with Crippen LogP contribution in [-0.4, -0.2) is 33.8 Å². The molecule has 0 aliphatic heterocycles. The Labute approximate surface area is 128 Å². The molecule has 0 spiro atoms. The van der Waals surface area contributed by atoms with Crippen molar-refractivity contribution in [3.63, 3.8) is 0 Å². The van der Waals surface area contributed by atoms with Gasteiger partial charge in [0.1, 0.15) is 0 Å². The van der Waals surface area contributed by atoms with Crippen LogP contribution in [0.25, 0.3) is 0 Å². The Kier molecular flexibility index (Phi) is 6.49. The number of sulfonamides is 1. The Bertz CT molecular complexity index is 677. The number of anilines is 1. The Hall–Kier alpha value is -1.75. The van der Waals surface area contributed by atoms with Crippen LogP contribution < -0.4 is 10.5 Å². The number of nitrogens with two attached hydrogens (primary N) is 1. The zero-order valence-corrected chi connectivity index (χ0v) is 12.9. The van der Waals surface area contributed by atoms with Crippen molar-refractivity contribution >= 4 is 33.3 Å². The second-order valence-corrected chi connectivity index (χ2v) is 6.22. The molecule has 0 radical (unpaired) electrons. The van der Waals surface area contributed by atoms with Gasteiger partial charge < -0.3 is 10.5 Å². The number of rotatable bonds is 5. The van der Waals surface area contributed by atoms with Crippen molar-refractivity contribution in [2.24, 2.45) is 5.73 Å². The maximum absolute atomic E-state index is 11.9. The van der Waals surface area contributed by atoms with E-state index in [0.29, 0.717) is 10.6 Å². The minimum Gasteiger partial charge on any atom is -0.469 e. The second-order valence-electron chi connectivity index (χ2n) is 3.94. The molecule has 0 atom stereocenters. The van der Waals surface area contributed by atoms with Gasteiger partial charge in [0.05, 0.1) is 31.5 Å². The van der Waals surface area contributed by atoms with Crippen molar-refractivity contribution in [3.05, 3.63) is 28.8 Å². The van der Waals surface area contributed by atoms with Crippen LogP contribution in [0.4, 0.5) is 5.69 Å². The van der Waals surface area contributed by atoms with E-state index in [-0.39, 0.29) is 18.7 Å². The third-order valence-corrected chi connectivity index (χ3v) is 3.88. The molecule has 0 aliphatic carbocycles. The zero-order chi connectivity index (χ0) is 15.9. The van der Waals surface area contributed by atoms with E-state index in [9.17, 15) is 13.2 Å². The zero-order valence-electron chi connectivity index (χ0n) is 11.3. The van der Waals surface area contributed by atoms with Gasteiger partial charge in [-0.3, -0.25) is 9.52 Å². The molecule has 6 nitrogen and oxygen atoms in total. The summed E-state index contributed by atoms with van der Waals surface area (Å²) in [6.07, 6.45) is -0.240. The van der Waals surface area contributed by atoms with Crippen LogP contribution in [0.1, 0.15) is 12.0 Å². The molecule has 0 unspecified atom stereocenters. The first-order chi connectivity index (χ1) is 9.88. The number of hydrogen-bond acceptors (Lipinski definition) is 5. The summed E-state index contributed by atoms with van der Waals surface area (Å²) in [4.78, 5) is 11.0. The number of hydrogen-bond donors (Lipinski definition) is 2. The largest absolute Gasteiger partial charge is 0.469 e. The van der Waals surface area contributed by atoms with E-state index in [2.05, 4.69) is 21.3 Å². The molecule has 1 rings (SSSR count). The van der Waals surface area contributed by atoms with Crippen LogP contribution in [0.5, 0.6) is 0 Å². The van der Waals surface area contributed by atoms with E-state index in [1.807, 2.05) is 0 Å². The van der Waals surface area contributed by atoms with Crippen LogP contribution in [0.2, 0.25) is 5.02 Å². The summed E-state index contributed by atoms with van der Waals surface area (Å²) in [6, 6.07) is 4.62. The fourth-order valence-electron chi connectivity index (χ4n) is 1.39. The van der Waals surface area contributed by atoms with Crippen LogP contribution in [0.15, 0.2) is 18.2 Å². The summed E-state index contributed by atoms with van der Waals surface area (Å²) in [6.45, 7) is 0.150. The SMILES string of the molecule is COC(=O)CCS(=O)(=O)Nc1cc(Cl)ccc1C#CCN. The van der Waals surface area contributed by atoms with Crippen molar-refractivity contribution in [2.45, 2.75) is 6.42 Å². The fourth-order valence-corrected chi connectivity index (χ4v) is 2.61. The summed E-state index contributed by atoms with van der Waals surface area (Å²) in [7, 11) is -2.52.